The van der Waals surface area contributed by atoms with Crippen LogP contribution in [-0.2, 0) is 9.59 Å². The van der Waals surface area contributed by atoms with E-state index in [9.17, 15) is 9.59 Å². The lowest BCUT2D eigenvalue weighted by Crippen LogP contribution is -2.16. The van der Waals surface area contributed by atoms with Crippen molar-refractivity contribution in [3.8, 4) is 0 Å². The second kappa shape index (κ2) is 5.61. The van der Waals surface area contributed by atoms with Gasteiger partial charge in [-0.1, -0.05) is 42.5 Å². The van der Waals surface area contributed by atoms with Gasteiger partial charge >= 0.3 is 0 Å². The molecule has 0 saturated heterocycles. The predicted octanol–water partition coefficient (Wildman–Crippen LogP) is 3.50. The molecule has 0 N–H and O–H groups in total. The summed E-state index contributed by atoms with van der Waals surface area (Å²) in [4.78, 5) is 23.7. The third-order valence-corrected chi connectivity index (χ3v) is 3.23. The van der Waals surface area contributed by atoms with E-state index in [-0.39, 0.29) is 11.6 Å². The first-order valence-electron chi connectivity index (χ1n) is 6.28. The second-order valence-corrected chi connectivity index (χ2v) is 4.64. The quantitative estimate of drug-likeness (QED) is 0.771. The summed E-state index contributed by atoms with van der Waals surface area (Å²) in [6.07, 6.45) is 5.81. The van der Waals surface area contributed by atoms with Crippen molar-refractivity contribution in [2.75, 3.05) is 0 Å². The summed E-state index contributed by atoms with van der Waals surface area (Å²) in [6.45, 7) is 3.41. The largest absolute Gasteiger partial charge is 0.290 e. The first-order chi connectivity index (χ1) is 9.09. The maximum absolute atomic E-state index is 11.9. The van der Waals surface area contributed by atoms with Gasteiger partial charge < -0.3 is 0 Å². The average molecular weight is 252 g/mol. The van der Waals surface area contributed by atoms with E-state index in [4.69, 9.17) is 0 Å². The van der Waals surface area contributed by atoms with Crippen molar-refractivity contribution < 1.29 is 9.59 Å². The molecule has 19 heavy (non-hydrogen) atoms. The summed E-state index contributed by atoms with van der Waals surface area (Å²) in [6, 6.07) is 9.88. The maximum atomic E-state index is 11.9. The molecule has 1 aliphatic rings. The molecule has 0 unspecified atom stereocenters. The highest BCUT2D eigenvalue weighted by atomic mass is 16.1. The number of allylic oxidation sites excluding steroid dienone is 5. The molecule has 0 aliphatic heterocycles. The lowest BCUT2D eigenvalue weighted by atomic mass is 9.89. The fraction of sp³-hybridized carbons (Fsp3) is 0.176. The first-order valence-corrected chi connectivity index (χ1v) is 6.28. The zero-order valence-electron chi connectivity index (χ0n) is 11.1. The van der Waals surface area contributed by atoms with Crippen molar-refractivity contribution in [1.29, 1.82) is 0 Å². The molecule has 2 heteroatoms. The molecule has 2 rings (SSSR count). The van der Waals surface area contributed by atoms with Gasteiger partial charge in [-0.05, 0) is 31.9 Å². The predicted molar refractivity (Wildman–Crippen MR) is 76.6 cm³/mol. The van der Waals surface area contributed by atoms with Crippen LogP contribution >= 0.6 is 0 Å². The van der Waals surface area contributed by atoms with E-state index in [0.29, 0.717) is 23.1 Å². The smallest absolute Gasteiger partial charge is 0.184 e. The van der Waals surface area contributed by atoms with Crippen LogP contribution in [0, 0.1) is 0 Å². The van der Waals surface area contributed by atoms with Crippen molar-refractivity contribution in [3.05, 3.63) is 64.8 Å². The minimum Gasteiger partial charge on any atom is -0.290 e. The molecule has 0 spiro atoms. The van der Waals surface area contributed by atoms with Crippen LogP contribution in [0.3, 0.4) is 0 Å². The van der Waals surface area contributed by atoms with Gasteiger partial charge in [0.25, 0.3) is 0 Å². The topological polar surface area (TPSA) is 34.1 Å². The van der Waals surface area contributed by atoms with Gasteiger partial charge in [0.05, 0.1) is 0 Å². The number of hydrogen-bond acceptors (Lipinski definition) is 2. The number of hydrogen-bond donors (Lipinski definition) is 0. The number of ketones is 2. The van der Waals surface area contributed by atoms with Crippen molar-refractivity contribution in [2.24, 2.45) is 0 Å². The summed E-state index contributed by atoms with van der Waals surface area (Å²) in [5, 5.41) is 0. The molecule has 0 atom stereocenters. The fourth-order valence-electron chi connectivity index (χ4n) is 2.10. The van der Waals surface area contributed by atoms with Gasteiger partial charge in [-0.25, -0.2) is 0 Å². The highest BCUT2D eigenvalue weighted by Crippen LogP contribution is 2.21. The van der Waals surface area contributed by atoms with Crippen LogP contribution in [0.5, 0.6) is 0 Å². The summed E-state index contributed by atoms with van der Waals surface area (Å²) >= 11 is 0. The Labute approximate surface area is 113 Å². The first kappa shape index (κ1) is 13.2. The number of carbonyl (C=O) groups excluding carboxylic acids is 2. The van der Waals surface area contributed by atoms with E-state index in [0.717, 1.165) is 5.56 Å². The van der Waals surface area contributed by atoms with Gasteiger partial charge in [0.2, 0.25) is 0 Å². The van der Waals surface area contributed by atoms with E-state index in [2.05, 4.69) is 0 Å². The lowest BCUT2D eigenvalue weighted by molar-refractivity contribution is -0.115. The van der Waals surface area contributed by atoms with Gasteiger partial charge in [-0.2, -0.15) is 0 Å². The Kier molecular flexibility index (Phi) is 3.91. The Morgan fingerprint density at radius 1 is 1.05 bits per heavy atom. The Hall–Kier alpha value is -2.22. The molecule has 0 amide bonds. The van der Waals surface area contributed by atoms with Crippen LogP contribution in [0.1, 0.15) is 25.8 Å². The molecule has 2 nitrogen and oxygen atoms in total. The van der Waals surface area contributed by atoms with Crippen molar-refractivity contribution in [2.45, 2.75) is 20.3 Å². The summed E-state index contributed by atoms with van der Waals surface area (Å²) in [7, 11) is 0. The molecular formula is C17H16O2. The Bertz CT molecular complexity index is 601. The van der Waals surface area contributed by atoms with Crippen LogP contribution in [0.4, 0.5) is 0 Å². The number of rotatable bonds is 3. The van der Waals surface area contributed by atoms with E-state index in [1.807, 2.05) is 42.5 Å². The molecule has 1 aromatic carbocycles. The monoisotopic (exact) mass is 252 g/mol. The lowest BCUT2D eigenvalue weighted by Gasteiger charge is -2.12. The third kappa shape index (κ3) is 2.97. The fourth-order valence-corrected chi connectivity index (χ4v) is 2.10. The van der Waals surface area contributed by atoms with Gasteiger partial charge in [-0.15, -0.1) is 0 Å². The van der Waals surface area contributed by atoms with Gasteiger partial charge in [0.1, 0.15) is 0 Å². The maximum Gasteiger partial charge on any atom is 0.184 e. The molecular weight excluding hydrogens is 236 g/mol. The minimum atomic E-state index is -0.0488. The SMILES string of the molecule is CC1=CC(=O)C(C/C=C/c2ccccc2)=C(C)C1=O. The van der Waals surface area contributed by atoms with E-state index < -0.39 is 0 Å². The van der Waals surface area contributed by atoms with Gasteiger partial charge in [-0.3, -0.25) is 9.59 Å². The summed E-state index contributed by atoms with van der Waals surface area (Å²) < 4.78 is 0. The zero-order valence-corrected chi connectivity index (χ0v) is 11.1. The number of Topliss-reactive ketones (excluding diaryl/α,β-unsaturated/α-hetero) is 1. The van der Waals surface area contributed by atoms with Crippen LogP contribution in [-0.4, -0.2) is 11.6 Å². The van der Waals surface area contributed by atoms with Gasteiger partial charge in [0, 0.05) is 16.7 Å². The standard InChI is InChI=1S/C17H16O2/c1-12-11-16(18)15(13(2)17(12)19)10-6-9-14-7-4-3-5-8-14/h3-9,11H,10H2,1-2H3/b9-6+. The molecule has 0 radical (unpaired) electrons. The van der Waals surface area contributed by atoms with Gasteiger partial charge in [0.15, 0.2) is 11.6 Å². The minimum absolute atomic E-state index is 0.0253. The number of benzene rings is 1. The molecule has 0 saturated carbocycles. The van der Waals surface area contributed by atoms with Crippen LogP contribution in [0.15, 0.2) is 59.2 Å². The van der Waals surface area contributed by atoms with E-state index in [1.54, 1.807) is 13.8 Å². The van der Waals surface area contributed by atoms with E-state index in [1.165, 1.54) is 6.08 Å². The molecule has 0 fully saturated rings. The Balaban J connectivity index is 2.14. The summed E-state index contributed by atoms with van der Waals surface area (Å²) in [5.74, 6) is -0.0741. The molecule has 0 heterocycles. The number of carbonyl (C=O) groups is 2. The average Bonchev–Trinajstić information content (AvgIpc) is 2.41. The van der Waals surface area contributed by atoms with Crippen molar-refractivity contribution >= 4 is 17.6 Å². The van der Waals surface area contributed by atoms with Crippen molar-refractivity contribution in [1.82, 2.24) is 0 Å². The second-order valence-electron chi connectivity index (χ2n) is 4.64. The van der Waals surface area contributed by atoms with Crippen molar-refractivity contribution in [3.63, 3.8) is 0 Å². The normalized spacial score (nSPS) is 16.2. The highest BCUT2D eigenvalue weighted by molar-refractivity contribution is 6.22. The van der Waals surface area contributed by atoms with Crippen LogP contribution < -0.4 is 0 Å². The van der Waals surface area contributed by atoms with E-state index >= 15 is 0 Å². The molecule has 0 aromatic heterocycles. The Morgan fingerprint density at radius 2 is 1.74 bits per heavy atom. The Morgan fingerprint density at radius 3 is 2.42 bits per heavy atom. The molecule has 1 aliphatic carbocycles. The summed E-state index contributed by atoms with van der Waals surface area (Å²) in [5.41, 5.74) is 2.78. The van der Waals surface area contributed by atoms with Crippen LogP contribution in [0.2, 0.25) is 0 Å². The molecule has 0 bridgehead atoms. The third-order valence-electron chi connectivity index (χ3n) is 3.23. The zero-order chi connectivity index (χ0) is 13.8. The molecule has 1 aromatic rings. The molecule has 96 valence electrons. The highest BCUT2D eigenvalue weighted by Gasteiger charge is 2.21. The van der Waals surface area contributed by atoms with Crippen LogP contribution in [0.25, 0.3) is 6.08 Å².